The van der Waals surface area contributed by atoms with Crippen molar-refractivity contribution < 1.29 is 14.4 Å². The van der Waals surface area contributed by atoms with E-state index in [1.807, 2.05) is 0 Å². The fourth-order valence-electron chi connectivity index (χ4n) is 4.73. The van der Waals surface area contributed by atoms with Crippen LogP contribution >= 0.6 is 0 Å². The number of hydrogen-bond acceptors (Lipinski definition) is 3. The van der Waals surface area contributed by atoms with Gasteiger partial charge in [0.1, 0.15) is 0 Å². The Hall–Kier alpha value is -1.39. The van der Waals surface area contributed by atoms with Crippen molar-refractivity contribution in [3.05, 3.63) is 0 Å². The molecule has 0 aromatic heterocycles. The maximum Gasteiger partial charge on any atom is 0.233 e. The zero-order valence-electron chi connectivity index (χ0n) is 14.9. The maximum atomic E-state index is 12.4. The summed E-state index contributed by atoms with van der Waals surface area (Å²) in [5, 5.41) is 3.13. The van der Waals surface area contributed by atoms with Crippen molar-refractivity contribution in [2.24, 2.45) is 23.7 Å². The van der Waals surface area contributed by atoms with Crippen LogP contribution in [0.1, 0.15) is 65.2 Å². The summed E-state index contributed by atoms with van der Waals surface area (Å²) in [5.41, 5.74) is 0. The van der Waals surface area contributed by atoms with Crippen molar-refractivity contribution in [3.63, 3.8) is 0 Å². The fraction of sp³-hybridized carbons (Fsp3) is 0.842. The first kappa shape index (κ1) is 17.4. The van der Waals surface area contributed by atoms with Gasteiger partial charge >= 0.3 is 0 Å². The molecule has 5 atom stereocenters. The molecule has 3 rings (SSSR count). The van der Waals surface area contributed by atoms with Gasteiger partial charge in [-0.05, 0) is 31.1 Å². The molecule has 2 aliphatic carbocycles. The Kier molecular flexibility index (Phi) is 5.26. The molecule has 0 aromatic carbocycles. The summed E-state index contributed by atoms with van der Waals surface area (Å²) in [5.74, 6) is 0.766. The van der Waals surface area contributed by atoms with Gasteiger partial charge in [-0.3, -0.25) is 19.3 Å². The average Bonchev–Trinajstić information content (AvgIpc) is 2.82. The third-order valence-corrected chi connectivity index (χ3v) is 6.55. The Morgan fingerprint density at radius 3 is 2.25 bits per heavy atom. The zero-order valence-corrected chi connectivity index (χ0v) is 14.9. The summed E-state index contributed by atoms with van der Waals surface area (Å²) in [6.07, 6.45) is 7.37. The second-order valence-electron chi connectivity index (χ2n) is 8.02. The highest BCUT2D eigenvalue weighted by molar-refractivity contribution is 6.05. The molecule has 3 aliphatic rings. The molecule has 1 N–H and O–H groups in total. The van der Waals surface area contributed by atoms with E-state index in [9.17, 15) is 14.4 Å². The Morgan fingerprint density at radius 2 is 1.62 bits per heavy atom. The normalized spacial score (nSPS) is 36.6. The molecule has 1 heterocycles. The lowest BCUT2D eigenvalue weighted by molar-refractivity contribution is -0.140. The van der Waals surface area contributed by atoms with Gasteiger partial charge < -0.3 is 5.32 Å². The molecular weight excluding hydrogens is 304 g/mol. The lowest BCUT2D eigenvalue weighted by atomic mass is 9.78. The second-order valence-corrected chi connectivity index (χ2v) is 8.02. The third-order valence-electron chi connectivity index (χ3n) is 6.55. The third kappa shape index (κ3) is 3.35. The van der Waals surface area contributed by atoms with E-state index in [1.165, 1.54) is 11.3 Å². The van der Waals surface area contributed by atoms with E-state index in [-0.39, 0.29) is 48.6 Å². The summed E-state index contributed by atoms with van der Waals surface area (Å²) in [6.45, 7) is 4.69. The molecule has 24 heavy (non-hydrogen) atoms. The zero-order chi connectivity index (χ0) is 17.3. The van der Waals surface area contributed by atoms with E-state index in [1.54, 1.807) is 0 Å². The van der Waals surface area contributed by atoms with Crippen molar-refractivity contribution in [1.82, 2.24) is 10.2 Å². The molecule has 5 heteroatoms. The molecule has 5 nitrogen and oxygen atoms in total. The Bertz CT molecular complexity index is 495. The first-order valence-corrected chi connectivity index (χ1v) is 9.63. The molecule has 2 saturated carbocycles. The van der Waals surface area contributed by atoms with Gasteiger partial charge in [-0.1, -0.05) is 39.5 Å². The van der Waals surface area contributed by atoms with Gasteiger partial charge in [0.15, 0.2) is 0 Å². The van der Waals surface area contributed by atoms with E-state index in [0.717, 1.165) is 38.5 Å². The Morgan fingerprint density at radius 1 is 1.00 bits per heavy atom. The van der Waals surface area contributed by atoms with Gasteiger partial charge in [0.2, 0.25) is 17.7 Å². The number of imide groups is 1. The summed E-state index contributed by atoms with van der Waals surface area (Å²) in [4.78, 5) is 38.5. The van der Waals surface area contributed by atoms with Gasteiger partial charge in [-0.15, -0.1) is 0 Å². The molecule has 0 spiro atoms. The first-order valence-electron chi connectivity index (χ1n) is 9.63. The quantitative estimate of drug-likeness (QED) is 0.803. The minimum absolute atomic E-state index is 0.0311. The highest BCUT2D eigenvalue weighted by atomic mass is 16.2. The number of nitrogens with one attached hydrogen (secondary N) is 1. The van der Waals surface area contributed by atoms with Gasteiger partial charge in [-0.25, -0.2) is 0 Å². The Labute approximate surface area is 144 Å². The summed E-state index contributed by atoms with van der Waals surface area (Å²) < 4.78 is 0. The number of nitrogens with zero attached hydrogens (tertiary/aromatic N) is 1. The Balaban J connectivity index is 1.51. The number of hydrogen-bond donors (Lipinski definition) is 1. The van der Waals surface area contributed by atoms with Crippen LogP contribution in [0.3, 0.4) is 0 Å². The number of amides is 3. The van der Waals surface area contributed by atoms with Crippen LogP contribution in [0, 0.1) is 23.7 Å². The van der Waals surface area contributed by atoms with Crippen molar-refractivity contribution >= 4 is 17.7 Å². The highest BCUT2D eigenvalue weighted by Crippen LogP contribution is 2.38. The minimum Gasteiger partial charge on any atom is -0.353 e. The molecule has 3 amide bonds. The van der Waals surface area contributed by atoms with Crippen molar-refractivity contribution in [3.8, 4) is 0 Å². The first-order chi connectivity index (χ1) is 11.5. The number of carbonyl (C=O) groups is 3. The lowest BCUT2D eigenvalue weighted by Gasteiger charge is -2.34. The molecule has 1 aliphatic heterocycles. The van der Waals surface area contributed by atoms with Crippen LogP contribution in [-0.2, 0) is 14.4 Å². The van der Waals surface area contributed by atoms with Gasteiger partial charge in [0.25, 0.3) is 0 Å². The fourth-order valence-corrected chi connectivity index (χ4v) is 4.73. The molecular formula is C19H30N2O3. The van der Waals surface area contributed by atoms with Crippen molar-refractivity contribution in [2.75, 3.05) is 6.54 Å². The SMILES string of the molecule is C[C@H]1[C@H](C)CCC[C@@H]1NC(=O)CCN1C(=O)[C@H]2CCCC[C@H]2C1=O. The topological polar surface area (TPSA) is 66.5 Å². The highest BCUT2D eigenvalue weighted by Gasteiger charge is 2.47. The molecule has 3 fully saturated rings. The standard InChI is InChI=1S/C19H30N2O3/c1-12-6-5-9-16(13(12)2)20-17(22)10-11-21-18(23)14-7-3-4-8-15(14)19(21)24/h12-16H,3-11H2,1-2H3,(H,20,22)/t12-,13+,14-,15+,16+/m1/s1. The van der Waals surface area contributed by atoms with Crippen LogP contribution in [0.25, 0.3) is 0 Å². The number of likely N-dealkylation sites (tertiary alicyclic amines) is 1. The molecule has 1 saturated heterocycles. The molecule has 134 valence electrons. The predicted octanol–water partition coefficient (Wildman–Crippen LogP) is 2.49. The van der Waals surface area contributed by atoms with E-state index in [0.29, 0.717) is 11.8 Å². The van der Waals surface area contributed by atoms with Crippen molar-refractivity contribution in [1.29, 1.82) is 0 Å². The molecule has 0 radical (unpaired) electrons. The van der Waals surface area contributed by atoms with Gasteiger partial charge in [-0.2, -0.15) is 0 Å². The van der Waals surface area contributed by atoms with Gasteiger partial charge in [0, 0.05) is 19.0 Å². The number of fused-ring (bicyclic) bond motifs is 1. The second kappa shape index (κ2) is 7.24. The average molecular weight is 334 g/mol. The van der Waals surface area contributed by atoms with Crippen LogP contribution in [0.5, 0.6) is 0 Å². The largest absolute Gasteiger partial charge is 0.353 e. The smallest absolute Gasteiger partial charge is 0.233 e. The van der Waals surface area contributed by atoms with Crippen LogP contribution in [0.4, 0.5) is 0 Å². The van der Waals surface area contributed by atoms with Crippen molar-refractivity contribution in [2.45, 2.75) is 71.3 Å². The lowest BCUT2D eigenvalue weighted by Crippen LogP contribution is -2.45. The molecule has 0 bridgehead atoms. The van der Waals surface area contributed by atoms with Crippen LogP contribution in [0.15, 0.2) is 0 Å². The summed E-state index contributed by atoms with van der Waals surface area (Å²) >= 11 is 0. The van der Waals surface area contributed by atoms with E-state index in [2.05, 4.69) is 19.2 Å². The molecule has 0 aromatic rings. The van der Waals surface area contributed by atoms with Crippen LogP contribution < -0.4 is 5.32 Å². The number of carbonyl (C=O) groups excluding carboxylic acids is 3. The minimum atomic E-state index is -0.117. The van der Waals surface area contributed by atoms with E-state index < -0.39 is 0 Å². The van der Waals surface area contributed by atoms with E-state index in [4.69, 9.17) is 0 Å². The monoisotopic (exact) mass is 334 g/mol. The summed E-state index contributed by atoms with van der Waals surface area (Å²) in [7, 11) is 0. The van der Waals surface area contributed by atoms with Crippen LogP contribution in [-0.4, -0.2) is 35.2 Å². The molecule has 0 unspecified atom stereocenters. The summed E-state index contributed by atoms with van der Waals surface area (Å²) in [6, 6.07) is 0.230. The maximum absolute atomic E-state index is 12.4. The van der Waals surface area contributed by atoms with Crippen LogP contribution in [0.2, 0.25) is 0 Å². The number of rotatable bonds is 4. The predicted molar refractivity (Wildman–Crippen MR) is 90.9 cm³/mol. The van der Waals surface area contributed by atoms with Gasteiger partial charge in [0.05, 0.1) is 11.8 Å². The van der Waals surface area contributed by atoms with E-state index >= 15 is 0 Å².